The molecule has 0 atom stereocenters. The summed E-state index contributed by atoms with van der Waals surface area (Å²) in [5.41, 5.74) is 2.42. The predicted octanol–water partition coefficient (Wildman–Crippen LogP) is 5.67. The molecule has 32 heavy (non-hydrogen) atoms. The number of rotatable bonds is 7. The number of hydrogen-bond donors (Lipinski definition) is 2. The molecule has 5 rings (SSSR count). The molecule has 0 unspecified atom stereocenters. The normalized spacial score (nSPS) is 18.8. The monoisotopic (exact) mass is 445 g/mol. The largest absolute Gasteiger partial charge is 0.362 e. The number of nitrogens with one attached hydrogen (secondary N) is 2. The number of hydrogen-bond acceptors (Lipinski definition) is 6. The molecule has 2 N–H and O–H groups in total. The van der Waals surface area contributed by atoms with Crippen LogP contribution in [0.3, 0.4) is 0 Å². The van der Waals surface area contributed by atoms with E-state index in [1.54, 1.807) is 0 Å². The van der Waals surface area contributed by atoms with E-state index < -0.39 is 0 Å². The lowest BCUT2D eigenvalue weighted by Gasteiger charge is -2.29. The number of benzene rings is 2. The van der Waals surface area contributed by atoms with Gasteiger partial charge in [0.2, 0.25) is 5.95 Å². The SMILES string of the molecule is CN(C)c1nc(NC2CCC(CNCc3csc4ccccc34)CC2)nc2ccccc12. The highest BCUT2D eigenvalue weighted by Gasteiger charge is 2.22. The number of aromatic nitrogens is 2. The fourth-order valence-electron chi connectivity index (χ4n) is 4.74. The van der Waals surface area contributed by atoms with Crippen molar-refractivity contribution in [1.29, 1.82) is 0 Å². The van der Waals surface area contributed by atoms with Crippen LogP contribution in [0, 0.1) is 5.92 Å². The van der Waals surface area contributed by atoms with E-state index in [-0.39, 0.29) is 0 Å². The molecule has 6 heteroatoms. The van der Waals surface area contributed by atoms with Crippen LogP contribution in [0.25, 0.3) is 21.0 Å². The van der Waals surface area contributed by atoms with Gasteiger partial charge in [0.15, 0.2) is 0 Å². The zero-order chi connectivity index (χ0) is 21.9. The number of fused-ring (bicyclic) bond motifs is 2. The number of anilines is 2. The second-order valence-electron chi connectivity index (χ2n) is 9.03. The van der Waals surface area contributed by atoms with E-state index in [2.05, 4.69) is 57.3 Å². The van der Waals surface area contributed by atoms with Crippen LogP contribution < -0.4 is 15.5 Å². The maximum Gasteiger partial charge on any atom is 0.225 e. The van der Waals surface area contributed by atoms with Crippen LogP contribution in [0.15, 0.2) is 53.9 Å². The van der Waals surface area contributed by atoms with Gasteiger partial charge in [-0.2, -0.15) is 4.98 Å². The van der Waals surface area contributed by atoms with E-state index in [4.69, 9.17) is 9.97 Å². The number of para-hydroxylation sites is 1. The third kappa shape index (κ3) is 4.57. The molecule has 0 aliphatic heterocycles. The summed E-state index contributed by atoms with van der Waals surface area (Å²) >= 11 is 1.84. The highest BCUT2D eigenvalue weighted by atomic mass is 32.1. The van der Waals surface area contributed by atoms with Crippen LogP contribution in [-0.2, 0) is 6.54 Å². The maximum atomic E-state index is 4.81. The summed E-state index contributed by atoms with van der Waals surface area (Å²) in [7, 11) is 4.07. The summed E-state index contributed by atoms with van der Waals surface area (Å²) in [5, 5.41) is 12.1. The molecule has 2 heterocycles. The summed E-state index contributed by atoms with van der Waals surface area (Å²) < 4.78 is 1.38. The van der Waals surface area contributed by atoms with Crippen molar-refractivity contribution in [2.24, 2.45) is 5.92 Å². The molecular weight excluding hydrogens is 414 g/mol. The van der Waals surface area contributed by atoms with Gasteiger partial charge in [0.25, 0.3) is 0 Å². The van der Waals surface area contributed by atoms with E-state index in [0.717, 1.165) is 41.7 Å². The lowest BCUT2D eigenvalue weighted by Crippen LogP contribution is -2.31. The lowest BCUT2D eigenvalue weighted by atomic mass is 9.86. The zero-order valence-corrected chi connectivity index (χ0v) is 19.7. The number of nitrogens with zero attached hydrogens (tertiary/aromatic N) is 3. The Hall–Kier alpha value is -2.70. The summed E-state index contributed by atoms with van der Waals surface area (Å²) in [6.07, 6.45) is 4.81. The molecule has 0 spiro atoms. The average molecular weight is 446 g/mol. The van der Waals surface area contributed by atoms with Crippen LogP contribution in [0.5, 0.6) is 0 Å². The fraction of sp³-hybridized carbons (Fsp3) is 0.385. The van der Waals surface area contributed by atoms with Gasteiger partial charge in [-0.25, -0.2) is 4.98 Å². The van der Waals surface area contributed by atoms with Crippen LogP contribution in [0.4, 0.5) is 11.8 Å². The fourth-order valence-corrected chi connectivity index (χ4v) is 5.70. The third-order valence-corrected chi connectivity index (χ3v) is 7.51. The van der Waals surface area contributed by atoms with Gasteiger partial charge in [-0.3, -0.25) is 0 Å². The molecule has 166 valence electrons. The molecule has 1 fully saturated rings. The molecule has 4 aromatic rings. The van der Waals surface area contributed by atoms with Crippen LogP contribution >= 0.6 is 11.3 Å². The summed E-state index contributed by atoms with van der Waals surface area (Å²) in [5.74, 6) is 2.46. The molecule has 1 aliphatic rings. The molecule has 1 saturated carbocycles. The minimum absolute atomic E-state index is 0.447. The van der Waals surface area contributed by atoms with Gasteiger partial charge in [0.1, 0.15) is 5.82 Å². The van der Waals surface area contributed by atoms with Crippen LogP contribution in [-0.4, -0.2) is 36.6 Å². The van der Waals surface area contributed by atoms with E-state index in [9.17, 15) is 0 Å². The first kappa shape index (κ1) is 21.2. The third-order valence-electron chi connectivity index (χ3n) is 6.50. The molecule has 5 nitrogen and oxygen atoms in total. The molecule has 2 aromatic heterocycles. The molecule has 0 bridgehead atoms. The molecule has 1 aliphatic carbocycles. The van der Waals surface area contributed by atoms with Crippen molar-refractivity contribution in [3.8, 4) is 0 Å². The van der Waals surface area contributed by atoms with E-state index in [1.165, 1.54) is 41.3 Å². The van der Waals surface area contributed by atoms with Gasteiger partial charge >= 0.3 is 0 Å². The van der Waals surface area contributed by atoms with E-state index in [1.807, 2.05) is 37.6 Å². The van der Waals surface area contributed by atoms with Gasteiger partial charge in [0.05, 0.1) is 5.52 Å². The second-order valence-corrected chi connectivity index (χ2v) is 9.94. The van der Waals surface area contributed by atoms with E-state index in [0.29, 0.717) is 6.04 Å². The van der Waals surface area contributed by atoms with Gasteiger partial charge < -0.3 is 15.5 Å². The Kier molecular flexibility index (Phi) is 6.23. The molecule has 2 aromatic carbocycles. The maximum absolute atomic E-state index is 4.81. The Balaban J connectivity index is 1.14. The Morgan fingerprint density at radius 3 is 2.50 bits per heavy atom. The quantitative estimate of drug-likeness (QED) is 0.384. The highest BCUT2D eigenvalue weighted by molar-refractivity contribution is 7.17. The minimum atomic E-state index is 0.447. The zero-order valence-electron chi connectivity index (χ0n) is 18.8. The topological polar surface area (TPSA) is 53.1 Å². The van der Waals surface area contributed by atoms with Crippen LogP contribution in [0.1, 0.15) is 31.2 Å². The predicted molar refractivity (Wildman–Crippen MR) is 137 cm³/mol. The first-order valence-electron chi connectivity index (χ1n) is 11.5. The molecule has 0 saturated heterocycles. The highest BCUT2D eigenvalue weighted by Crippen LogP contribution is 2.29. The van der Waals surface area contributed by atoms with Gasteiger partial charge in [-0.15, -0.1) is 11.3 Å². The summed E-state index contributed by atoms with van der Waals surface area (Å²) in [6, 6.07) is 17.4. The first-order chi connectivity index (χ1) is 15.7. The van der Waals surface area contributed by atoms with Gasteiger partial charge in [-0.1, -0.05) is 30.3 Å². The Morgan fingerprint density at radius 2 is 1.69 bits per heavy atom. The van der Waals surface area contributed by atoms with Crippen molar-refractivity contribution in [3.05, 3.63) is 59.5 Å². The summed E-state index contributed by atoms with van der Waals surface area (Å²) in [4.78, 5) is 11.6. The van der Waals surface area contributed by atoms with Crippen molar-refractivity contribution in [2.45, 2.75) is 38.3 Å². The Morgan fingerprint density at radius 1 is 0.938 bits per heavy atom. The Bertz CT molecular complexity index is 1190. The average Bonchev–Trinajstić information content (AvgIpc) is 3.23. The van der Waals surface area contributed by atoms with Crippen molar-refractivity contribution >= 4 is 44.1 Å². The van der Waals surface area contributed by atoms with Crippen LogP contribution in [0.2, 0.25) is 0 Å². The smallest absolute Gasteiger partial charge is 0.225 e. The first-order valence-corrected chi connectivity index (χ1v) is 12.4. The van der Waals surface area contributed by atoms with Crippen molar-refractivity contribution < 1.29 is 0 Å². The van der Waals surface area contributed by atoms with Crippen molar-refractivity contribution in [1.82, 2.24) is 15.3 Å². The van der Waals surface area contributed by atoms with Crippen molar-refractivity contribution in [3.63, 3.8) is 0 Å². The van der Waals surface area contributed by atoms with Crippen molar-refractivity contribution in [2.75, 3.05) is 30.9 Å². The number of thiophene rings is 1. The van der Waals surface area contributed by atoms with Gasteiger partial charge in [0, 0.05) is 36.8 Å². The second kappa shape index (κ2) is 9.43. The lowest BCUT2D eigenvalue weighted by molar-refractivity contribution is 0.324. The van der Waals surface area contributed by atoms with E-state index >= 15 is 0 Å². The minimum Gasteiger partial charge on any atom is -0.362 e. The standard InChI is InChI=1S/C26H31N5S/c1-31(2)25-22-8-3-5-9-23(22)29-26(30-25)28-20-13-11-18(12-14-20)15-27-16-19-17-32-24-10-6-4-7-21(19)24/h3-10,17-18,20,27H,11-16H2,1-2H3,(H,28,29,30). The Labute approximate surface area is 193 Å². The molecule has 0 amide bonds. The summed E-state index contributed by atoms with van der Waals surface area (Å²) in [6.45, 7) is 2.05. The van der Waals surface area contributed by atoms with Gasteiger partial charge in [-0.05, 0) is 72.7 Å². The molecule has 0 radical (unpaired) electrons. The molecular formula is C26H31N5S.